The Balaban J connectivity index is 1.55. The van der Waals surface area contributed by atoms with Crippen LogP contribution in [0.1, 0.15) is 17.2 Å². The van der Waals surface area contributed by atoms with E-state index in [1.54, 1.807) is 25.3 Å². The molecule has 0 radical (unpaired) electrons. The van der Waals surface area contributed by atoms with Gasteiger partial charge in [-0.15, -0.1) is 13.2 Å². The summed E-state index contributed by atoms with van der Waals surface area (Å²) in [5.41, 5.74) is 1.62. The fourth-order valence-corrected chi connectivity index (χ4v) is 2.78. The average molecular weight is 409 g/mol. The smallest absolute Gasteiger partial charge is 0.497 e. The SMILES string of the molecule is COc1ccc2c(CC(=O)NCC(O)c3ccc(OC(F)(F)F)cc3)coc2c1. The number of ether oxygens (including phenoxy) is 2. The van der Waals surface area contributed by atoms with Crippen LogP contribution in [0.5, 0.6) is 11.5 Å². The van der Waals surface area contributed by atoms with Crippen molar-refractivity contribution in [1.29, 1.82) is 0 Å². The highest BCUT2D eigenvalue weighted by molar-refractivity contribution is 5.88. The first-order chi connectivity index (χ1) is 13.7. The van der Waals surface area contributed by atoms with E-state index in [9.17, 15) is 23.1 Å². The normalized spacial score (nSPS) is 12.6. The van der Waals surface area contributed by atoms with Crippen molar-refractivity contribution < 1.29 is 37.0 Å². The van der Waals surface area contributed by atoms with E-state index in [1.165, 1.54) is 18.4 Å². The van der Waals surface area contributed by atoms with E-state index in [-0.39, 0.29) is 24.6 Å². The lowest BCUT2D eigenvalue weighted by Gasteiger charge is -2.13. The van der Waals surface area contributed by atoms with Gasteiger partial charge in [0.2, 0.25) is 5.91 Å². The minimum atomic E-state index is -4.78. The molecule has 1 heterocycles. The van der Waals surface area contributed by atoms with Crippen molar-refractivity contribution in [3.8, 4) is 11.5 Å². The fourth-order valence-electron chi connectivity index (χ4n) is 2.78. The molecular formula is C20H18F3NO5. The van der Waals surface area contributed by atoms with Crippen LogP contribution in [0.25, 0.3) is 11.0 Å². The zero-order valence-electron chi connectivity index (χ0n) is 15.3. The van der Waals surface area contributed by atoms with Gasteiger partial charge in [-0.1, -0.05) is 12.1 Å². The van der Waals surface area contributed by atoms with Crippen molar-refractivity contribution in [2.45, 2.75) is 18.9 Å². The summed E-state index contributed by atoms with van der Waals surface area (Å²) in [4.78, 5) is 12.2. The summed E-state index contributed by atoms with van der Waals surface area (Å²) < 4.78 is 50.8. The molecule has 1 aromatic heterocycles. The van der Waals surface area contributed by atoms with Crippen LogP contribution in [0.3, 0.4) is 0 Å². The van der Waals surface area contributed by atoms with Crippen LogP contribution < -0.4 is 14.8 Å². The van der Waals surface area contributed by atoms with Gasteiger partial charge >= 0.3 is 6.36 Å². The molecule has 1 amide bonds. The first-order valence-electron chi connectivity index (χ1n) is 8.60. The topological polar surface area (TPSA) is 80.9 Å². The van der Waals surface area contributed by atoms with Crippen molar-refractivity contribution in [3.05, 3.63) is 59.9 Å². The number of furan rings is 1. The van der Waals surface area contributed by atoms with Gasteiger partial charge in [0.1, 0.15) is 17.1 Å². The molecule has 3 aromatic rings. The molecular weight excluding hydrogens is 391 g/mol. The van der Waals surface area contributed by atoms with Gasteiger partial charge in [0.05, 0.1) is 25.9 Å². The second kappa shape index (κ2) is 8.44. The number of hydrogen-bond donors (Lipinski definition) is 2. The van der Waals surface area contributed by atoms with E-state index < -0.39 is 12.5 Å². The number of aliphatic hydroxyl groups excluding tert-OH is 1. The molecule has 29 heavy (non-hydrogen) atoms. The maximum Gasteiger partial charge on any atom is 0.573 e. The predicted octanol–water partition coefficient (Wildman–Crippen LogP) is 3.73. The number of fused-ring (bicyclic) bond motifs is 1. The standard InChI is InChI=1S/C20H18F3NO5/c1-27-15-6-7-16-13(11-28-18(16)9-15)8-19(26)24-10-17(25)12-2-4-14(5-3-12)29-20(21,22)23/h2-7,9,11,17,25H,8,10H2,1H3,(H,24,26). The van der Waals surface area contributed by atoms with Crippen LogP contribution in [0.2, 0.25) is 0 Å². The van der Waals surface area contributed by atoms with Crippen LogP contribution in [0.15, 0.2) is 53.1 Å². The number of hydrogen-bond acceptors (Lipinski definition) is 5. The third kappa shape index (κ3) is 5.41. The minimum Gasteiger partial charge on any atom is -0.497 e. The van der Waals surface area contributed by atoms with Crippen LogP contribution in [-0.2, 0) is 11.2 Å². The second-order valence-electron chi connectivity index (χ2n) is 6.24. The van der Waals surface area contributed by atoms with E-state index in [2.05, 4.69) is 10.1 Å². The molecule has 1 unspecified atom stereocenters. The van der Waals surface area contributed by atoms with Gasteiger partial charge in [0.15, 0.2) is 0 Å². The number of nitrogens with one attached hydrogen (secondary N) is 1. The number of aliphatic hydroxyl groups is 1. The predicted molar refractivity (Wildman–Crippen MR) is 97.6 cm³/mol. The third-order valence-electron chi connectivity index (χ3n) is 4.20. The monoisotopic (exact) mass is 409 g/mol. The highest BCUT2D eigenvalue weighted by Gasteiger charge is 2.31. The third-order valence-corrected chi connectivity index (χ3v) is 4.20. The number of carbonyl (C=O) groups excluding carboxylic acids is 1. The van der Waals surface area contributed by atoms with E-state index in [4.69, 9.17) is 9.15 Å². The quantitative estimate of drug-likeness (QED) is 0.622. The van der Waals surface area contributed by atoms with Crippen molar-refractivity contribution in [1.82, 2.24) is 5.32 Å². The Bertz CT molecular complexity index is 982. The molecule has 0 saturated carbocycles. The van der Waals surface area contributed by atoms with E-state index >= 15 is 0 Å². The molecule has 0 aliphatic carbocycles. The molecule has 0 bridgehead atoms. The largest absolute Gasteiger partial charge is 0.573 e. The lowest BCUT2D eigenvalue weighted by molar-refractivity contribution is -0.274. The molecule has 9 heteroatoms. The number of amides is 1. The Morgan fingerprint density at radius 3 is 2.52 bits per heavy atom. The maximum absolute atomic E-state index is 12.2. The summed E-state index contributed by atoms with van der Waals surface area (Å²) in [6, 6.07) is 10.1. The lowest BCUT2D eigenvalue weighted by atomic mass is 10.1. The number of halogens is 3. The van der Waals surface area contributed by atoms with Gasteiger partial charge in [-0.05, 0) is 29.8 Å². The van der Waals surface area contributed by atoms with Gasteiger partial charge in [0, 0.05) is 23.6 Å². The summed E-state index contributed by atoms with van der Waals surface area (Å²) in [5.74, 6) is -0.0850. The van der Waals surface area contributed by atoms with Crippen LogP contribution in [-0.4, -0.2) is 31.0 Å². The summed E-state index contributed by atoms with van der Waals surface area (Å²) in [7, 11) is 1.54. The van der Waals surface area contributed by atoms with E-state index in [1.807, 2.05) is 0 Å². The maximum atomic E-state index is 12.2. The molecule has 2 aromatic carbocycles. The summed E-state index contributed by atoms with van der Waals surface area (Å²) >= 11 is 0. The minimum absolute atomic E-state index is 0.0460. The first-order valence-corrected chi connectivity index (χ1v) is 8.60. The summed E-state index contributed by atoms with van der Waals surface area (Å²) in [6.45, 7) is -0.0953. The zero-order chi connectivity index (χ0) is 21.0. The van der Waals surface area contributed by atoms with Gasteiger partial charge in [-0.3, -0.25) is 4.79 Å². The lowest BCUT2D eigenvalue weighted by Crippen LogP contribution is -2.29. The van der Waals surface area contributed by atoms with Crippen molar-refractivity contribution in [2.24, 2.45) is 0 Å². The Morgan fingerprint density at radius 1 is 1.17 bits per heavy atom. The highest BCUT2D eigenvalue weighted by Crippen LogP contribution is 2.26. The molecule has 0 spiro atoms. The number of benzene rings is 2. The molecule has 0 fully saturated rings. The molecule has 154 valence electrons. The number of alkyl halides is 3. The first kappa shape index (κ1) is 20.5. The molecule has 0 aliphatic heterocycles. The van der Waals surface area contributed by atoms with Crippen LogP contribution >= 0.6 is 0 Å². The second-order valence-corrected chi connectivity index (χ2v) is 6.24. The molecule has 1 atom stereocenters. The Labute approximate surface area is 163 Å². The average Bonchev–Trinajstić information content (AvgIpc) is 3.07. The van der Waals surface area contributed by atoms with Gasteiger partial charge in [-0.25, -0.2) is 0 Å². The Morgan fingerprint density at radius 2 is 1.86 bits per heavy atom. The molecule has 3 rings (SSSR count). The fraction of sp³-hybridized carbons (Fsp3) is 0.250. The Hall–Kier alpha value is -3.20. The summed E-state index contributed by atoms with van der Waals surface area (Å²) in [6.07, 6.45) is -4.33. The van der Waals surface area contributed by atoms with Crippen molar-refractivity contribution in [2.75, 3.05) is 13.7 Å². The number of methoxy groups -OCH3 is 1. The van der Waals surface area contributed by atoms with Crippen molar-refractivity contribution >= 4 is 16.9 Å². The number of rotatable bonds is 7. The molecule has 6 nitrogen and oxygen atoms in total. The molecule has 0 aliphatic rings. The summed E-state index contributed by atoms with van der Waals surface area (Å²) in [5, 5.41) is 13.5. The number of carbonyl (C=O) groups is 1. The van der Waals surface area contributed by atoms with E-state index in [0.29, 0.717) is 22.5 Å². The van der Waals surface area contributed by atoms with Crippen LogP contribution in [0, 0.1) is 0 Å². The van der Waals surface area contributed by atoms with E-state index in [0.717, 1.165) is 17.5 Å². The van der Waals surface area contributed by atoms with Gasteiger partial charge in [0.25, 0.3) is 0 Å². The van der Waals surface area contributed by atoms with Crippen molar-refractivity contribution in [3.63, 3.8) is 0 Å². The zero-order valence-corrected chi connectivity index (χ0v) is 15.3. The van der Waals surface area contributed by atoms with Gasteiger partial charge in [-0.2, -0.15) is 0 Å². The Kier molecular flexibility index (Phi) is 5.97. The highest BCUT2D eigenvalue weighted by atomic mass is 19.4. The van der Waals surface area contributed by atoms with Gasteiger partial charge < -0.3 is 24.3 Å². The van der Waals surface area contributed by atoms with Crippen LogP contribution in [0.4, 0.5) is 13.2 Å². The molecule has 2 N–H and O–H groups in total. The molecule has 0 saturated heterocycles.